The Morgan fingerprint density at radius 2 is 1.90 bits per heavy atom. The summed E-state index contributed by atoms with van der Waals surface area (Å²) < 4.78 is 5.82. The van der Waals surface area contributed by atoms with Crippen LogP contribution in [0.15, 0.2) is 63.9 Å². The first-order chi connectivity index (χ1) is 14.8. The zero-order valence-electron chi connectivity index (χ0n) is 16.8. The van der Waals surface area contributed by atoms with Crippen molar-refractivity contribution in [3.8, 4) is 11.3 Å². The summed E-state index contributed by atoms with van der Waals surface area (Å²) in [6.07, 6.45) is 1.55. The van der Waals surface area contributed by atoms with Crippen LogP contribution in [0.5, 0.6) is 0 Å². The average Bonchev–Trinajstić information content (AvgIpc) is 3.28. The van der Waals surface area contributed by atoms with Crippen molar-refractivity contribution in [3.63, 3.8) is 0 Å². The zero-order valence-corrected chi connectivity index (χ0v) is 17.6. The quantitative estimate of drug-likeness (QED) is 0.290. The summed E-state index contributed by atoms with van der Waals surface area (Å²) in [6, 6.07) is 15.6. The van der Waals surface area contributed by atoms with Crippen LogP contribution in [0.3, 0.4) is 0 Å². The number of rotatable bonds is 5. The Balaban J connectivity index is 1.55. The van der Waals surface area contributed by atoms with Gasteiger partial charge in [0.15, 0.2) is 0 Å². The number of hydrogen-bond acceptors (Lipinski definition) is 6. The normalized spacial score (nSPS) is 15.2. The number of nitro groups is 1. The van der Waals surface area contributed by atoms with Gasteiger partial charge in [0.2, 0.25) is 0 Å². The molecule has 8 heteroatoms. The summed E-state index contributed by atoms with van der Waals surface area (Å²) >= 11 is 0.877. The summed E-state index contributed by atoms with van der Waals surface area (Å²) in [6.45, 7) is 3.94. The van der Waals surface area contributed by atoms with E-state index in [2.05, 4.69) is 0 Å². The fourth-order valence-electron chi connectivity index (χ4n) is 3.37. The molecule has 2 amide bonds. The highest BCUT2D eigenvalue weighted by Gasteiger charge is 2.35. The highest BCUT2D eigenvalue weighted by atomic mass is 32.2. The van der Waals surface area contributed by atoms with E-state index in [4.69, 9.17) is 4.42 Å². The maximum Gasteiger partial charge on any atom is 0.293 e. The van der Waals surface area contributed by atoms with Gasteiger partial charge in [-0.25, -0.2) is 0 Å². The topological polar surface area (TPSA) is 93.7 Å². The van der Waals surface area contributed by atoms with E-state index in [9.17, 15) is 19.7 Å². The van der Waals surface area contributed by atoms with E-state index in [1.807, 2.05) is 31.2 Å². The van der Waals surface area contributed by atoms with E-state index in [0.29, 0.717) is 22.0 Å². The first kappa shape index (κ1) is 20.6. The number of carbonyl (C=O) groups is 2. The van der Waals surface area contributed by atoms with Crippen LogP contribution in [0.2, 0.25) is 0 Å². The van der Waals surface area contributed by atoms with Gasteiger partial charge in [0.25, 0.3) is 16.8 Å². The molecule has 156 valence electrons. The molecule has 0 bridgehead atoms. The van der Waals surface area contributed by atoms with Crippen LogP contribution >= 0.6 is 11.8 Å². The molecule has 31 heavy (non-hydrogen) atoms. The maximum absolute atomic E-state index is 12.8. The smallest absolute Gasteiger partial charge is 0.293 e. The molecule has 0 radical (unpaired) electrons. The van der Waals surface area contributed by atoms with Gasteiger partial charge in [-0.05, 0) is 54.9 Å². The molecule has 1 saturated heterocycles. The summed E-state index contributed by atoms with van der Waals surface area (Å²) in [5.74, 6) is 0.590. The van der Waals surface area contributed by atoms with Crippen molar-refractivity contribution in [1.29, 1.82) is 0 Å². The second-order valence-electron chi connectivity index (χ2n) is 7.22. The molecule has 4 rings (SSSR count). The molecule has 2 heterocycles. The van der Waals surface area contributed by atoms with Crippen molar-refractivity contribution in [2.75, 3.05) is 0 Å². The van der Waals surface area contributed by atoms with Crippen LogP contribution in [0.4, 0.5) is 10.5 Å². The average molecular weight is 434 g/mol. The molecule has 1 fully saturated rings. The van der Waals surface area contributed by atoms with Gasteiger partial charge in [0.1, 0.15) is 11.5 Å². The first-order valence-electron chi connectivity index (χ1n) is 9.48. The Morgan fingerprint density at radius 1 is 1.10 bits per heavy atom. The minimum atomic E-state index is -0.447. The minimum Gasteiger partial charge on any atom is -0.457 e. The second kappa shape index (κ2) is 8.23. The predicted molar refractivity (Wildman–Crippen MR) is 118 cm³/mol. The van der Waals surface area contributed by atoms with Crippen molar-refractivity contribution < 1.29 is 18.9 Å². The number of thioether (sulfide) groups is 1. The van der Waals surface area contributed by atoms with Crippen molar-refractivity contribution in [2.45, 2.75) is 20.4 Å². The van der Waals surface area contributed by atoms with Gasteiger partial charge in [-0.2, -0.15) is 0 Å². The van der Waals surface area contributed by atoms with Gasteiger partial charge in [-0.1, -0.05) is 29.8 Å². The van der Waals surface area contributed by atoms with E-state index in [0.717, 1.165) is 28.5 Å². The Kier molecular flexibility index (Phi) is 5.48. The van der Waals surface area contributed by atoms with E-state index in [1.165, 1.54) is 17.0 Å². The monoisotopic (exact) mass is 434 g/mol. The summed E-state index contributed by atoms with van der Waals surface area (Å²) in [4.78, 5) is 37.1. The Hall–Kier alpha value is -3.65. The lowest BCUT2D eigenvalue weighted by Gasteiger charge is -2.12. The van der Waals surface area contributed by atoms with Crippen molar-refractivity contribution in [2.24, 2.45) is 0 Å². The molecule has 0 aliphatic carbocycles. The van der Waals surface area contributed by atoms with E-state index >= 15 is 0 Å². The van der Waals surface area contributed by atoms with Crippen molar-refractivity contribution >= 4 is 34.7 Å². The molecule has 0 spiro atoms. The highest BCUT2D eigenvalue weighted by molar-refractivity contribution is 8.18. The Morgan fingerprint density at radius 3 is 2.61 bits per heavy atom. The summed E-state index contributed by atoms with van der Waals surface area (Å²) in [5, 5.41) is 10.6. The Bertz CT molecular complexity index is 1240. The van der Waals surface area contributed by atoms with Crippen LogP contribution in [-0.4, -0.2) is 21.0 Å². The highest BCUT2D eigenvalue weighted by Crippen LogP contribution is 2.35. The lowest BCUT2D eigenvalue weighted by molar-refractivity contribution is -0.384. The van der Waals surface area contributed by atoms with Gasteiger partial charge >= 0.3 is 0 Å². The largest absolute Gasteiger partial charge is 0.457 e. The maximum atomic E-state index is 12.8. The van der Waals surface area contributed by atoms with Gasteiger partial charge in [0.05, 0.1) is 16.4 Å². The molecule has 0 N–H and O–H groups in total. The molecule has 1 aliphatic rings. The third kappa shape index (κ3) is 4.29. The fraction of sp³-hybridized carbons (Fsp3) is 0.130. The number of benzene rings is 2. The number of nitro benzene ring substituents is 1. The van der Waals surface area contributed by atoms with Crippen LogP contribution in [0.1, 0.15) is 22.5 Å². The molecular weight excluding hydrogens is 416 g/mol. The summed E-state index contributed by atoms with van der Waals surface area (Å²) in [7, 11) is 0. The number of carbonyl (C=O) groups excluding carboxylic acids is 2. The van der Waals surface area contributed by atoms with Crippen LogP contribution in [-0.2, 0) is 11.3 Å². The number of imide groups is 1. The van der Waals surface area contributed by atoms with Gasteiger partial charge < -0.3 is 4.42 Å². The number of non-ortho nitro benzene ring substituents is 1. The van der Waals surface area contributed by atoms with E-state index in [1.54, 1.807) is 31.2 Å². The molecule has 0 atom stereocenters. The van der Waals surface area contributed by atoms with Gasteiger partial charge in [-0.15, -0.1) is 0 Å². The fourth-order valence-corrected chi connectivity index (χ4v) is 4.19. The van der Waals surface area contributed by atoms with Crippen molar-refractivity contribution in [3.05, 3.63) is 92.1 Å². The molecule has 0 unspecified atom stereocenters. The lowest BCUT2D eigenvalue weighted by atomic mass is 10.1. The minimum absolute atomic E-state index is 0.00955. The van der Waals surface area contributed by atoms with Crippen molar-refractivity contribution in [1.82, 2.24) is 4.90 Å². The molecular formula is C23H18N2O5S. The van der Waals surface area contributed by atoms with Gasteiger partial charge in [-0.3, -0.25) is 24.6 Å². The molecule has 0 saturated carbocycles. The second-order valence-corrected chi connectivity index (χ2v) is 8.21. The summed E-state index contributed by atoms with van der Waals surface area (Å²) in [5.41, 5.74) is 3.38. The van der Waals surface area contributed by atoms with Crippen LogP contribution in [0.25, 0.3) is 17.4 Å². The zero-order chi connectivity index (χ0) is 22.1. The van der Waals surface area contributed by atoms with E-state index < -0.39 is 4.92 Å². The molecule has 3 aromatic rings. The molecule has 7 nitrogen and oxygen atoms in total. The Labute approximate surface area is 182 Å². The number of amides is 2. The molecule has 1 aliphatic heterocycles. The van der Waals surface area contributed by atoms with Crippen LogP contribution in [0, 0.1) is 24.0 Å². The van der Waals surface area contributed by atoms with Crippen LogP contribution < -0.4 is 0 Å². The first-order valence-corrected chi connectivity index (χ1v) is 10.3. The van der Waals surface area contributed by atoms with E-state index in [-0.39, 0.29) is 23.4 Å². The number of hydrogen-bond donors (Lipinski definition) is 0. The number of aryl methyl sites for hydroxylation is 2. The van der Waals surface area contributed by atoms with Gasteiger partial charge in [0, 0.05) is 23.8 Å². The predicted octanol–water partition coefficient (Wildman–Crippen LogP) is 5.71. The molecule has 1 aromatic heterocycles. The number of furan rings is 1. The SMILES string of the molecule is Cc1cccc(CN2C(=O)S/C(=C\c3ccc(-c4ccc([N+](=O)[O-])cc4C)o3)C2=O)c1. The third-order valence-corrected chi connectivity index (χ3v) is 5.79. The lowest BCUT2D eigenvalue weighted by Crippen LogP contribution is -2.27. The third-order valence-electron chi connectivity index (χ3n) is 4.88. The number of nitrogens with zero attached hydrogens (tertiary/aromatic N) is 2. The molecule has 2 aromatic carbocycles. The standard InChI is InChI=1S/C23H18N2O5S/c1-14-4-3-5-16(10-14)13-24-22(26)21(31-23(24)27)12-18-7-9-20(30-18)19-8-6-17(25(28)29)11-15(19)2/h3-12H,13H2,1-2H3/b21-12-.